The van der Waals surface area contributed by atoms with Crippen molar-refractivity contribution in [3.63, 3.8) is 0 Å². The smallest absolute Gasteiger partial charge is 0.125 e. The van der Waals surface area contributed by atoms with E-state index in [1.807, 2.05) is 0 Å². The first-order chi connectivity index (χ1) is 7.18. The van der Waals surface area contributed by atoms with Crippen molar-refractivity contribution < 1.29 is 4.39 Å². The van der Waals surface area contributed by atoms with Gasteiger partial charge in [-0.15, -0.1) is 0 Å². The standard InChI is InChI=1S/C12H23FN2/c13-12(7-6-10(14)8-12)9-15-11-4-2-1-3-5-11/h10-11,15H,1-9,14H2. The first kappa shape index (κ1) is 11.3. The van der Waals surface area contributed by atoms with Crippen LogP contribution >= 0.6 is 0 Å². The molecule has 88 valence electrons. The van der Waals surface area contributed by atoms with Gasteiger partial charge in [-0.1, -0.05) is 19.3 Å². The summed E-state index contributed by atoms with van der Waals surface area (Å²) in [5, 5.41) is 3.39. The van der Waals surface area contributed by atoms with Gasteiger partial charge in [-0.3, -0.25) is 0 Å². The summed E-state index contributed by atoms with van der Waals surface area (Å²) in [6, 6.07) is 0.645. The van der Waals surface area contributed by atoms with Crippen molar-refractivity contribution in [1.82, 2.24) is 5.32 Å². The highest BCUT2D eigenvalue weighted by molar-refractivity contribution is 4.94. The molecule has 0 aliphatic heterocycles. The molecule has 0 aromatic carbocycles. The number of hydrogen-bond donors (Lipinski definition) is 2. The number of nitrogens with one attached hydrogen (secondary N) is 1. The lowest BCUT2D eigenvalue weighted by molar-refractivity contribution is 0.155. The zero-order chi connectivity index (χ0) is 10.7. The Morgan fingerprint density at radius 1 is 1.20 bits per heavy atom. The lowest BCUT2D eigenvalue weighted by Crippen LogP contribution is -2.41. The van der Waals surface area contributed by atoms with E-state index in [0.29, 0.717) is 25.4 Å². The van der Waals surface area contributed by atoms with Crippen LogP contribution in [0.5, 0.6) is 0 Å². The van der Waals surface area contributed by atoms with Crippen molar-refractivity contribution in [2.45, 2.75) is 69.1 Å². The third-order valence-electron chi connectivity index (χ3n) is 3.90. The molecule has 2 saturated carbocycles. The van der Waals surface area contributed by atoms with Gasteiger partial charge in [-0.2, -0.15) is 0 Å². The Morgan fingerprint density at radius 2 is 1.93 bits per heavy atom. The second-order valence-corrected chi connectivity index (χ2v) is 5.37. The molecule has 0 spiro atoms. The molecule has 0 bridgehead atoms. The molecule has 2 fully saturated rings. The SMILES string of the molecule is NC1CCC(F)(CNC2CCCCC2)C1. The summed E-state index contributed by atoms with van der Waals surface area (Å²) >= 11 is 0. The quantitative estimate of drug-likeness (QED) is 0.755. The van der Waals surface area contributed by atoms with Gasteiger partial charge in [0.2, 0.25) is 0 Å². The average Bonchev–Trinajstić information content (AvgIpc) is 2.58. The van der Waals surface area contributed by atoms with E-state index >= 15 is 0 Å². The van der Waals surface area contributed by atoms with Gasteiger partial charge < -0.3 is 11.1 Å². The summed E-state index contributed by atoms with van der Waals surface area (Å²) in [6.07, 6.45) is 8.45. The van der Waals surface area contributed by atoms with Gasteiger partial charge in [-0.25, -0.2) is 4.39 Å². The van der Waals surface area contributed by atoms with E-state index in [0.717, 1.165) is 6.42 Å². The topological polar surface area (TPSA) is 38.0 Å². The van der Waals surface area contributed by atoms with Crippen molar-refractivity contribution in [1.29, 1.82) is 0 Å². The van der Waals surface area contributed by atoms with Crippen LogP contribution in [0.25, 0.3) is 0 Å². The normalized spacial score (nSPS) is 38.4. The molecule has 2 unspecified atom stereocenters. The first-order valence-corrected chi connectivity index (χ1v) is 6.36. The van der Waals surface area contributed by atoms with E-state index in [9.17, 15) is 4.39 Å². The molecule has 2 aliphatic rings. The van der Waals surface area contributed by atoms with E-state index in [2.05, 4.69) is 5.32 Å². The van der Waals surface area contributed by atoms with Crippen LogP contribution in [0, 0.1) is 0 Å². The number of halogens is 1. The fraction of sp³-hybridized carbons (Fsp3) is 1.00. The van der Waals surface area contributed by atoms with Crippen LogP contribution in [-0.2, 0) is 0 Å². The average molecular weight is 214 g/mol. The zero-order valence-corrected chi connectivity index (χ0v) is 9.47. The monoisotopic (exact) mass is 214 g/mol. The second kappa shape index (κ2) is 4.79. The van der Waals surface area contributed by atoms with Gasteiger partial charge in [0, 0.05) is 18.6 Å². The second-order valence-electron chi connectivity index (χ2n) is 5.37. The Morgan fingerprint density at radius 3 is 2.53 bits per heavy atom. The van der Waals surface area contributed by atoms with Crippen molar-refractivity contribution in [2.75, 3.05) is 6.54 Å². The highest BCUT2D eigenvalue weighted by Gasteiger charge is 2.38. The lowest BCUT2D eigenvalue weighted by Gasteiger charge is -2.27. The van der Waals surface area contributed by atoms with Gasteiger partial charge in [-0.05, 0) is 32.1 Å². The predicted octanol–water partition coefficient (Wildman–Crippen LogP) is 2.13. The molecule has 0 aromatic rings. The molecule has 0 aromatic heterocycles. The van der Waals surface area contributed by atoms with Crippen molar-refractivity contribution >= 4 is 0 Å². The molecule has 15 heavy (non-hydrogen) atoms. The number of hydrogen-bond acceptors (Lipinski definition) is 2. The van der Waals surface area contributed by atoms with Crippen molar-refractivity contribution in [3.05, 3.63) is 0 Å². The minimum absolute atomic E-state index is 0.0863. The van der Waals surface area contributed by atoms with Gasteiger partial charge in [0.05, 0.1) is 0 Å². The summed E-state index contributed by atoms with van der Waals surface area (Å²) in [7, 11) is 0. The molecule has 0 radical (unpaired) electrons. The Kier molecular flexibility index (Phi) is 3.62. The Bertz CT molecular complexity index is 204. The molecule has 2 nitrogen and oxygen atoms in total. The summed E-state index contributed by atoms with van der Waals surface area (Å²) in [6.45, 7) is 0.519. The first-order valence-electron chi connectivity index (χ1n) is 6.36. The van der Waals surface area contributed by atoms with Gasteiger partial charge in [0.1, 0.15) is 5.67 Å². The summed E-state index contributed by atoms with van der Waals surface area (Å²) in [5.41, 5.74) is 4.73. The van der Waals surface area contributed by atoms with Gasteiger partial charge >= 0.3 is 0 Å². The van der Waals surface area contributed by atoms with Gasteiger partial charge in [0.15, 0.2) is 0 Å². The van der Waals surface area contributed by atoms with Crippen molar-refractivity contribution in [2.24, 2.45) is 5.73 Å². The fourth-order valence-electron chi connectivity index (χ4n) is 2.91. The Balaban J connectivity index is 1.72. The Labute approximate surface area is 91.8 Å². The highest BCUT2D eigenvalue weighted by Crippen LogP contribution is 2.32. The lowest BCUT2D eigenvalue weighted by atomic mass is 9.94. The molecule has 0 amide bonds. The predicted molar refractivity (Wildman–Crippen MR) is 60.5 cm³/mol. The number of nitrogens with two attached hydrogens (primary N) is 1. The minimum Gasteiger partial charge on any atom is -0.328 e. The maximum absolute atomic E-state index is 14.2. The zero-order valence-electron chi connectivity index (χ0n) is 9.47. The molecule has 0 saturated heterocycles. The van der Waals surface area contributed by atoms with Crippen LogP contribution in [0.4, 0.5) is 4.39 Å². The van der Waals surface area contributed by atoms with Gasteiger partial charge in [0.25, 0.3) is 0 Å². The highest BCUT2D eigenvalue weighted by atomic mass is 19.1. The maximum atomic E-state index is 14.2. The molecular formula is C12H23FN2. The minimum atomic E-state index is -1.02. The number of alkyl halides is 1. The largest absolute Gasteiger partial charge is 0.328 e. The Hall–Kier alpha value is -0.150. The van der Waals surface area contributed by atoms with Crippen LogP contribution in [0.15, 0.2) is 0 Å². The van der Waals surface area contributed by atoms with E-state index < -0.39 is 5.67 Å². The van der Waals surface area contributed by atoms with E-state index in [1.54, 1.807) is 0 Å². The third-order valence-corrected chi connectivity index (χ3v) is 3.90. The summed E-state index contributed by atoms with van der Waals surface area (Å²) in [4.78, 5) is 0. The van der Waals surface area contributed by atoms with E-state index in [-0.39, 0.29) is 6.04 Å². The van der Waals surface area contributed by atoms with Crippen molar-refractivity contribution in [3.8, 4) is 0 Å². The van der Waals surface area contributed by atoms with E-state index in [4.69, 9.17) is 5.73 Å². The molecule has 2 atom stereocenters. The van der Waals surface area contributed by atoms with Crippen LogP contribution < -0.4 is 11.1 Å². The van der Waals surface area contributed by atoms with Crippen LogP contribution in [0.1, 0.15) is 51.4 Å². The molecular weight excluding hydrogens is 191 g/mol. The van der Waals surface area contributed by atoms with Crippen LogP contribution in [0.3, 0.4) is 0 Å². The fourth-order valence-corrected chi connectivity index (χ4v) is 2.91. The molecule has 3 heteroatoms. The summed E-state index contributed by atoms with van der Waals surface area (Å²) < 4.78 is 14.2. The maximum Gasteiger partial charge on any atom is 0.125 e. The van der Waals surface area contributed by atoms with Crippen LogP contribution in [0.2, 0.25) is 0 Å². The molecule has 3 N–H and O–H groups in total. The number of rotatable bonds is 3. The van der Waals surface area contributed by atoms with E-state index in [1.165, 1.54) is 32.1 Å². The molecule has 2 rings (SSSR count). The molecule has 2 aliphatic carbocycles. The summed E-state index contributed by atoms with van der Waals surface area (Å²) in [5.74, 6) is 0. The molecule has 0 heterocycles. The van der Waals surface area contributed by atoms with Crippen LogP contribution in [-0.4, -0.2) is 24.3 Å². The third kappa shape index (κ3) is 3.15.